The van der Waals surface area contributed by atoms with Crippen molar-refractivity contribution in [2.45, 2.75) is 13.3 Å². The average Bonchev–Trinajstić information content (AvgIpc) is 2.96. The molecule has 0 fully saturated rings. The molecule has 0 saturated heterocycles. The summed E-state index contributed by atoms with van der Waals surface area (Å²) in [5, 5.41) is 0.978. The smallest absolute Gasteiger partial charge is 0.220 e. The number of anilines is 1. The molecule has 0 saturated carbocycles. The molecule has 3 aromatic heterocycles. The lowest BCUT2D eigenvalue weighted by Crippen LogP contribution is -1.94. The first-order valence-corrected chi connectivity index (χ1v) is 7.23. The number of imidazole rings is 1. The van der Waals surface area contributed by atoms with Gasteiger partial charge in [0.25, 0.3) is 0 Å². The molecule has 0 amide bonds. The van der Waals surface area contributed by atoms with Gasteiger partial charge in [0.15, 0.2) is 0 Å². The number of rotatable bonds is 2. The predicted octanol–water partition coefficient (Wildman–Crippen LogP) is 3.09. The molecule has 1 aromatic carbocycles. The Bertz CT molecular complexity index is 987. The highest BCUT2D eigenvalue weighted by atomic mass is 15.0. The number of hydrogen-bond acceptors (Lipinski definition) is 4. The van der Waals surface area contributed by atoms with E-state index >= 15 is 0 Å². The van der Waals surface area contributed by atoms with Crippen LogP contribution in [0.5, 0.6) is 0 Å². The highest BCUT2D eigenvalue weighted by Gasteiger charge is 2.05. The van der Waals surface area contributed by atoms with E-state index in [9.17, 15) is 0 Å². The summed E-state index contributed by atoms with van der Waals surface area (Å²) in [6, 6.07) is 10.2. The Kier molecular flexibility index (Phi) is 2.79. The van der Waals surface area contributed by atoms with Crippen molar-refractivity contribution in [2.24, 2.45) is 0 Å². The van der Waals surface area contributed by atoms with Gasteiger partial charge < -0.3 is 10.1 Å². The van der Waals surface area contributed by atoms with E-state index in [1.807, 2.05) is 18.2 Å². The van der Waals surface area contributed by atoms with Crippen molar-refractivity contribution < 1.29 is 0 Å². The molecule has 0 bridgehead atoms. The van der Waals surface area contributed by atoms with Crippen LogP contribution in [0.25, 0.3) is 27.7 Å². The summed E-state index contributed by atoms with van der Waals surface area (Å²) in [5.41, 5.74) is 10.8. The lowest BCUT2D eigenvalue weighted by Gasteiger charge is -2.05. The van der Waals surface area contributed by atoms with Gasteiger partial charge in [0, 0.05) is 24.0 Å². The number of fused-ring (bicyclic) bond motifs is 2. The Morgan fingerprint density at radius 2 is 1.91 bits per heavy atom. The molecule has 0 aliphatic heterocycles. The fourth-order valence-corrected chi connectivity index (χ4v) is 2.61. The van der Waals surface area contributed by atoms with Crippen LogP contribution in [0, 0.1) is 0 Å². The van der Waals surface area contributed by atoms with Gasteiger partial charge in [-0.3, -0.25) is 0 Å². The second kappa shape index (κ2) is 4.80. The van der Waals surface area contributed by atoms with Gasteiger partial charge >= 0.3 is 0 Å². The molecule has 108 valence electrons. The molecule has 22 heavy (non-hydrogen) atoms. The maximum Gasteiger partial charge on any atom is 0.220 e. The van der Waals surface area contributed by atoms with Crippen LogP contribution in [0.3, 0.4) is 0 Å². The van der Waals surface area contributed by atoms with Gasteiger partial charge in [-0.05, 0) is 41.8 Å². The van der Waals surface area contributed by atoms with Crippen molar-refractivity contribution in [3.05, 3.63) is 54.6 Å². The summed E-state index contributed by atoms with van der Waals surface area (Å²) in [7, 11) is 0. The second-order valence-corrected chi connectivity index (χ2v) is 5.27. The Hall–Kier alpha value is -2.95. The van der Waals surface area contributed by atoms with Gasteiger partial charge in [-0.25, -0.2) is 15.0 Å². The summed E-state index contributed by atoms with van der Waals surface area (Å²) >= 11 is 0. The summed E-state index contributed by atoms with van der Waals surface area (Å²) < 4.78 is 2.07. The number of nitrogen functional groups attached to an aromatic ring is 1. The molecular weight excluding hydrogens is 274 g/mol. The number of nitrogens with two attached hydrogens (primary N) is 1. The summed E-state index contributed by atoms with van der Waals surface area (Å²) in [6.45, 7) is 2.11. The van der Waals surface area contributed by atoms with E-state index in [0.717, 1.165) is 39.8 Å². The Morgan fingerprint density at radius 3 is 2.77 bits per heavy atom. The van der Waals surface area contributed by atoms with Crippen molar-refractivity contribution in [1.29, 1.82) is 0 Å². The van der Waals surface area contributed by atoms with Gasteiger partial charge in [0.1, 0.15) is 5.65 Å². The monoisotopic (exact) mass is 289 g/mol. The van der Waals surface area contributed by atoms with Crippen molar-refractivity contribution >= 4 is 22.5 Å². The largest absolute Gasteiger partial charge is 0.368 e. The lowest BCUT2D eigenvalue weighted by atomic mass is 10.1. The molecule has 0 spiro atoms. The van der Waals surface area contributed by atoms with Gasteiger partial charge in [-0.2, -0.15) is 0 Å². The topological polar surface area (TPSA) is 69.1 Å². The minimum absolute atomic E-state index is 0.298. The van der Waals surface area contributed by atoms with Gasteiger partial charge in [-0.15, -0.1) is 0 Å². The SMILES string of the molecule is CCc1cn2cc(-c3ccc4nc(N)ncc4c3)ccc2n1. The molecule has 4 rings (SSSR count). The third-order valence-corrected chi connectivity index (χ3v) is 3.79. The number of aryl methyl sites for hydroxylation is 1. The van der Waals surface area contributed by atoms with E-state index in [2.05, 4.69) is 50.8 Å². The number of hydrogen-bond donors (Lipinski definition) is 1. The van der Waals surface area contributed by atoms with E-state index in [1.165, 1.54) is 0 Å². The van der Waals surface area contributed by atoms with Crippen LogP contribution >= 0.6 is 0 Å². The van der Waals surface area contributed by atoms with E-state index in [-0.39, 0.29) is 0 Å². The van der Waals surface area contributed by atoms with Gasteiger partial charge in [0.05, 0.1) is 11.2 Å². The van der Waals surface area contributed by atoms with Crippen molar-refractivity contribution in [2.75, 3.05) is 5.73 Å². The molecule has 5 heteroatoms. The Labute approximate surface area is 127 Å². The molecule has 5 nitrogen and oxygen atoms in total. The zero-order valence-corrected chi connectivity index (χ0v) is 12.2. The van der Waals surface area contributed by atoms with E-state index in [0.29, 0.717) is 5.95 Å². The van der Waals surface area contributed by atoms with Crippen LogP contribution in [0.15, 0.2) is 48.9 Å². The van der Waals surface area contributed by atoms with Gasteiger partial charge in [-0.1, -0.05) is 13.0 Å². The third-order valence-electron chi connectivity index (χ3n) is 3.79. The molecule has 0 atom stereocenters. The molecule has 0 unspecified atom stereocenters. The van der Waals surface area contributed by atoms with Gasteiger partial charge in [0.2, 0.25) is 5.95 Å². The molecule has 4 aromatic rings. The number of nitrogens with zero attached hydrogens (tertiary/aromatic N) is 4. The minimum Gasteiger partial charge on any atom is -0.368 e. The minimum atomic E-state index is 0.298. The van der Waals surface area contributed by atoms with E-state index < -0.39 is 0 Å². The van der Waals surface area contributed by atoms with Crippen LogP contribution in [0.1, 0.15) is 12.6 Å². The molecule has 0 aliphatic rings. The van der Waals surface area contributed by atoms with Crippen molar-refractivity contribution in [3.8, 4) is 11.1 Å². The van der Waals surface area contributed by atoms with E-state index in [4.69, 9.17) is 5.73 Å². The predicted molar refractivity (Wildman–Crippen MR) is 87.5 cm³/mol. The maximum atomic E-state index is 5.62. The third kappa shape index (κ3) is 2.07. The van der Waals surface area contributed by atoms with Crippen molar-refractivity contribution in [1.82, 2.24) is 19.4 Å². The normalized spacial score (nSPS) is 11.3. The number of benzene rings is 1. The molecular formula is C17H15N5. The molecule has 3 heterocycles. The first-order chi connectivity index (χ1) is 10.7. The highest BCUT2D eigenvalue weighted by molar-refractivity contribution is 5.84. The standard InChI is InChI=1S/C17H15N5/c1-2-14-10-22-9-12(4-6-16(22)20-14)11-3-5-15-13(7-11)8-19-17(18)21-15/h3-10H,2H2,1H3,(H2,18,19,21). The molecule has 2 N–H and O–H groups in total. The number of aromatic nitrogens is 4. The van der Waals surface area contributed by atoms with E-state index in [1.54, 1.807) is 6.20 Å². The highest BCUT2D eigenvalue weighted by Crippen LogP contribution is 2.24. The fourth-order valence-electron chi connectivity index (χ4n) is 2.61. The summed E-state index contributed by atoms with van der Waals surface area (Å²) in [4.78, 5) is 12.8. The quantitative estimate of drug-likeness (QED) is 0.615. The second-order valence-electron chi connectivity index (χ2n) is 5.27. The maximum absolute atomic E-state index is 5.62. The summed E-state index contributed by atoms with van der Waals surface area (Å²) in [5.74, 6) is 0.298. The van der Waals surface area contributed by atoms with Crippen LogP contribution in [0.4, 0.5) is 5.95 Å². The van der Waals surface area contributed by atoms with Crippen molar-refractivity contribution in [3.63, 3.8) is 0 Å². The lowest BCUT2D eigenvalue weighted by molar-refractivity contribution is 1.07. The van der Waals surface area contributed by atoms with Crippen LogP contribution in [-0.4, -0.2) is 19.4 Å². The Balaban J connectivity index is 1.84. The Morgan fingerprint density at radius 1 is 1.05 bits per heavy atom. The van der Waals surface area contributed by atoms with Crippen LogP contribution in [0.2, 0.25) is 0 Å². The summed E-state index contributed by atoms with van der Waals surface area (Å²) in [6.07, 6.45) is 6.86. The fraction of sp³-hybridized carbons (Fsp3) is 0.118. The first-order valence-electron chi connectivity index (χ1n) is 7.23. The van der Waals surface area contributed by atoms with Crippen LogP contribution < -0.4 is 5.73 Å². The zero-order chi connectivity index (χ0) is 15.1. The molecule has 0 radical (unpaired) electrons. The zero-order valence-electron chi connectivity index (χ0n) is 12.2. The van der Waals surface area contributed by atoms with Crippen LogP contribution in [-0.2, 0) is 6.42 Å². The molecule has 0 aliphatic carbocycles. The average molecular weight is 289 g/mol. The first kappa shape index (κ1) is 12.8. The number of pyridine rings is 1.